The molecule has 5 nitrogen and oxygen atoms in total. The second-order valence-electron chi connectivity index (χ2n) is 5.17. The first kappa shape index (κ1) is 17.2. The monoisotopic (exact) mass is 284 g/mol. The van der Waals surface area contributed by atoms with Crippen LogP contribution in [0.1, 0.15) is 25.2 Å². The molecule has 1 heterocycles. The fourth-order valence-electron chi connectivity index (χ4n) is 1.89. The van der Waals surface area contributed by atoms with Gasteiger partial charge in [-0.25, -0.2) is 0 Å². The second kappa shape index (κ2) is 9.94. The summed E-state index contributed by atoms with van der Waals surface area (Å²) >= 11 is 0. The molecule has 0 bridgehead atoms. The molecule has 0 radical (unpaired) electrons. The average molecular weight is 284 g/mol. The van der Waals surface area contributed by atoms with Gasteiger partial charge >= 0.3 is 0 Å². The highest BCUT2D eigenvalue weighted by Gasteiger charge is 2.12. The van der Waals surface area contributed by atoms with Gasteiger partial charge in [-0.05, 0) is 6.07 Å². The highest BCUT2D eigenvalue weighted by molar-refractivity contribution is 5.16. The first-order valence-corrected chi connectivity index (χ1v) is 7.16. The van der Waals surface area contributed by atoms with Crippen molar-refractivity contribution in [3.63, 3.8) is 0 Å². The van der Waals surface area contributed by atoms with Crippen LogP contribution in [0.25, 0.3) is 0 Å². The average Bonchev–Trinajstić information content (AvgIpc) is 2.86. The zero-order valence-corrected chi connectivity index (χ0v) is 13.1. The molecule has 0 saturated heterocycles. The molecule has 0 aliphatic carbocycles. The molecule has 1 aromatic rings. The molecule has 0 aliphatic rings. The van der Waals surface area contributed by atoms with Gasteiger partial charge < -0.3 is 19.2 Å². The highest BCUT2D eigenvalue weighted by Crippen LogP contribution is 2.13. The zero-order valence-electron chi connectivity index (χ0n) is 13.1. The van der Waals surface area contributed by atoms with Gasteiger partial charge in [0.05, 0.1) is 26.0 Å². The SMILES string of the molecule is COCCN(CCOC)Cc1occc1CNC(C)C. The third-order valence-corrected chi connectivity index (χ3v) is 3.13. The van der Waals surface area contributed by atoms with Crippen LogP contribution >= 0.6 is 0 Å². The van der Waals surface area contributed by atoms with Crippen LogP contribution in [0.15, 0.2) is 16.7 Å². The first-order valence-electron chi connectivity index (χ1n) is 7.16. The van der Waals surface area contributed by atoms with Crippen molar-refractivity contribution in [3.05, 3.63) is 23.7 Å². The number of ether oxygens (including phenoxy) is 2. The lowest BCUT2D eigenvalue weighted by molar-refractivity contribution is 0.106. The number of nitrogens with zero attached hydrogens (tertiary/aromatic N) is 1. The summed E-state index contributed by atoms with van der Waals surface area (Å²) in [5, 5.41) is 3.42. The Labute approximate surface area is 122 Å². The summed E-state index contributed by atoms with van der Waals surface area (Å²) in [6.07, 6.45) is 1.76. The largest absolute Gasteiger partial charge is 0.468 e. The summed E-state index contributed by atoms with van der Waals surface area (Å²) in [4.78, 5) is 2.28. The molecule has 1 N–H and O–H groups in total. The smallest absolute Gasteiger partial charge is 0.122 e. The van der Waals surface area contributed by atoms with E-state index >= 15 is 0 Å². The van der Waals surface area contributed by atoms with E-state index in [1.54, 1.807) is 20.5 Å². The molecule has 0 aromatic carbocycles. The lowest BCUT2D eigenvalue weighted by atomic mass is 10.2. The van der Waals surface area contributed by atoms with Crippen LogP contribution < -0.4 is 5.32 Å². The summed E-state index contributed by atoms with van der Waals surface area (Å²) in [6, 6.07) is 2.51. The Balaban J connectivity index is 2.55. The predicted molar refractivity (Wildman–Crippen MR) is 79.7 cm³/mol. The molecule has 0 aliphatic heterocycles. The Hall–Kier alpha value is -0.880. The van der Waals surface area contributed by atoms with Crippen molar-refractivity contribution in [2.45, 2.75) is 33.0 Å². The predicted octanol–water partition coefficient (Wildman–Crippen LogP) is 1.87. The molecule has 0 unspecified atom stereocenters. The van der Waals surface area contributed by atoms with E-state index in [0.29, 0.717) is 19.3 Å². The summed E-state index contributed by atoms with van der Waals surface area (Å²) in [7, 11) is 3.44. The van der Waals surface area contributed by atoms with Crippen molar-refractivity contribution in [1.82, 2.24) is 10.2 Å². The van der Waals surface area contributed by atoms with Crippen LogP contribution in [-0.4, -0.2) is 51.5 Å². The van der Waals surface area contributed by atoms with E-state index in [-0.39, 0.29) is 0 Å². The fourth-order valence-corrected chi connectivity index (χ4v) is 1.89. The molecule has 1 aromatic heterocycles. The number of furan rings is 1. The number of methoxy groups -OCH3 is 2. The van der Waals surface area contributed by atoms with E-state index in [4.69, 9.17) is 13.9 Å². The topological polar surface area (TPSA) is 46.9 Å². The lowest BCUT2D eigenvalue weighted by Crippen LogP contribution is -2.31. The Kier molecular flexibility index (Phi) is 8.53. The molecule has 0 atom stereocenters. The third-order valence-electron chi connectivity index (χ3n) is 3.13. The minimum absolute atomic E-state index is 0.468. The van der Waals surface area contributed by atoms with Crippen molar-refractivity contribution < 1.29 is 13.9 Å². The molecule has 0 saturated carbocycles. The van der Waals surface area contributed by atoms with Gasteiger partial charge in [0, 0.05) is 45.5 Å². The van der Waals surface area contributed by atoms with Crippen LogP contribution in [0.3, 0.4) is 0 Å². The zero-order chi connectivity index (χ0) is 14.8. The van der Waals surface area contributed by atoms with Crippen LogP contribution in [0.2, 0.25) is 0 Å². The van der Waals surface area contributed by atoms with Crippen LogP contribution in [0.5, 0.6) is 0 Å². The Morgan fingerprint density at radius 3 is 2.40 bits per heavy atom. The van der Waals surface area contributed by atoms with Crippen LogP contribution in [-0.2, 0) is 22.6 Å². The first-order chi connectivity index (χ1) is 9.67. The Morgan fingerprint density at radius 1 is 1.20 bits per heavy atom. The number of hydrogen-bond acceptors (Lipinski definition) is 5. The van der Waals surface area contributed by atoms with Gasteiger partial charge in [0.1, 0.15) is 5.76 Å². The molecule has 116 valence electrons. The minimum atomic E-state index is 0.468. The molecule has 20 heavy (non-hydrogen) atoms. The van der Waals surface area contributed by atoms with Gasteiger partial charge in [0.2, 0.25) is 0 Å². The van der Waals surface area contributed by atoms with E-state index in [1.807, 2.05) is 6.07 Å². The lowest BCUT2D eigenvalue weighted by Gasteiger charge is -2.21. The van der Waals surface area contributed by atoms with E-state index < -0.39 is 0 Å². The van der Waals surface area contributed by atoms with Gasteiger partial charge in [0.15, 0.2) is 0 Å². The maximum atomic E-state index is 5.62. The second-order valence-corrected chi connectivity index (χ2v) is 5.17. The quantitative estimate of drug-likeness (QED) is 0.672. The summed E-state index contributed by atoms with van der Waals surface area (Å²) in [5.74, 6) is 1.02. The van der Waals surface area contributed by atoms with Gasteiger partial charge in [0.25, 0.3) is 0 Å². The van der Waals surface area contributed by atoms with Crippen LogP contribution in [0, 0.1) is 0 Å². The van der Waals surface area contributed by atoms with Crippen molar-refractivity contribution in [3.8, 4) is 0 Å². The number of hydrogen-bond donors (Lipinski definition) is 1. The van der Waals surface area contributed by atoms with E-state index in [0.717, 1.165) is 31.9 Å². The maximum Gasteiger partial charge on any atom is 0.122 e. The van der Waals surface area contributed by atoms with Crippen molar-refractivity contribution in [1.29, 1.82) is 0 Å². The summed E-state index contributed by atoms with van der Waals surface area (Å²) in [6.45, 7) is 9.08. The molecular formula is C15H28N2O3. The van der Waals surface area contributed by atoms with Crippen LogP contribution in [0.4, 0.5) is 0 Å². The minimum Gasteiger partial charge on any atom is -0.468 e. The standard InChI is InChI=1S/C15H28N2O3/c1-13(2)16-11-14-5-8-20-15(14)12-17(6-9-18-3)7-10-19-4/h5,8,13,16H,6-7,9-12H2,1-4H3. The molecule has 5 heteroatoms. The fraction of sp³-hybridized carbons (Fsp3) is 0.733. The normalized spacial score (nSPS) is 11.7. The highest BCUT2D eigenvalue weighted by atomic mass is 16.5. The van der Waals surface area contributed by atoms with Gasteiger partial charge in [-0.15, -0.1) is 0 Å². The molecule has 0 fully saturated rings. The summed E-state index contributed by atoms with van der Waals surface area (Å²) in [5.41, 5.74) is 1.22. The molecule has 1 rings (SSSR count). The number of rotatable bonds is 11. The van der Waals surface area contributed by atoms with E-state index in [1.165, 1.54) is 5.56 Å². The van der Waals surface area contributed by atoms with Crippen molar-refractivity contribution in [2.24, 2.45) is 0 Å². The van der Waals surface area contributed by atoms with Gasteiger partial charge in [-0.1, -0.05) is 13.8 Å². The molecular weight excluding hydrogens is 256 g/mol. The maximum absolute atomic E-state index is 5.62. The van der Waals surface area contributed by atoms with Crippen molar-refractivity contribution >= 4 is 0 Å². The Morgan fingerprint density at radius 2 is 1.85 bits per heavy atom. The van der Waals surface area contributed by atoms with Crippen molar-refractivity contribution in [2.75, 3.05) is 40.5 Å². The van der Waals surface area contributed by atoms with E-state index in [9.17, 15) is 0 Å². The molecule has 0 amide bonds. The van der Waals surface area contributed by atoms with E-state index in [2.05, 4.69) is 24.1 Å². The van der Waals surface area contributed by atoms with Gasteiger partial charge in [-0.2, -0.15) is 0 Å². The third kappa shape index (κ3) is 6.52. The number of nitrogens with one attached hydrogen (secondary N) is 1. The van der Waals surface area contributed by atoms with Gasteiger partial charge in [-0.3, -0.25) is 4.90 Å². The molecule has 0 spiro atoms. The summed E-state index contributed by atoms with van der Waals surface area (Å²) < 4.78 is 15.9. The Bertz CT molecular complexity index is 345.